The van der Waals surface area contributed by atoms with E-state index in [1.807, 2.05) is 0 Å². The third kappa shape index (κ3) is 3.98. The van der Waals surface area contributed by atoms with Gasteiger partial charge in [0, 0.05) is 18.2 Å². The lowest BCUT2D eigenvalue weighted by Crippen LogP contribution is -2.42. The summed E-state index contributed by atoms with van der Waals surface area (Å²) in [6.07, 6.45) is 0. The van der Waals surface area contributed by atoms with Crippen molar-refractivity contribution in [2.45, 2.75) is 32.5 Å². The number of fused-ring (bicyclic) bond motifs is 1. The maximum atomic E-state index is 13.8. The number of halogens is 2. The molecule has 1 aliphatic rings. The Morgan fingerprint density at radius 1 is 1.39 bits per heavy atom. The molecular weight excluding hydrogens is 475 g/mol. The molecule has 31 heavy (non-hydrogen) atoms. The quantitative estimate of drug-likeness (QED) is 0.574. The van der Waals surface area contributed by atoms with E-state index in [2.05, 4.69) is 31.4 Å². The van der Waals surface area contributed by atoms with Crippen LogP contribution in [0.3, 0.4) is 0 Å². The van der Waals surface area contributed by atoms with Crippen molar-refractivity contribution >= 4 is 21.8 Å². The first-order valence-electron chi connectivity index (χ1n) is 9.35. The van der Waals surface area contributed by atoms with Gasteiger partial charge in [-0.15, -0.1) is 0 Å². The Morgan fingerprint density at radius 2 is 2.16 bits per heavy atom. The fourth-order valence-corrected chi connectivity index (χ4v) is 3.68. The van der Waals surface area contributed by atoms with E-state index in [1.165, 1.54) is 22.8 Å². The van der Waals surface area contributed by atoms with Gasteiger partial charge in [-0.1, -0.05) is 11.2 Å². The second kappa shape index (κ2) is 7.89. The van der Waals surface area contributed by atoms with Gasteiger partial charge in [0.15, 0.2) is 11.5 Å². The molecule has 0 fully saturated rings. The number of carbonyl (C=O) groups is 1. The van der Waals surface area contributed by atoms with Crippen LogP contribution in [0.1, 0.15) is 35.7 Å². The van der Waals surface area contributed by atoms with Crippen LogP contribution in [0, 0.1) is 5.82 Å². The zero-order chi connectivity index (χ0) is 22.3. The molecule has 0 atom stereocenters. The largest absolute Gasteiger partial charge is 0.501 e. The van der Waals surface area contributed by atoms with Crippen LogP contribution in [0.5, 0.6) is 5.75 Å². The summed E-state index contributed by atoms with van der Waals surface area (Å²) in [5.74, 6) is -1.42. The Bertz CT molecular complexity index is 1240. The van der Waals surface area contributed by atoms with E-state index in [4.69, 9.17) is 9.26 Å². The van der Waals surface area contributed by atoms with Crippen molar-refractivity contribution in [3.05, 3.63) is 62.1 Å². The molecule has 3 heterocycles. The molecular formula is C20H18BrFN4O5. The number of amides is 1. The molecule has 9 nitrogen and oxygen atoms in total. The fraction of sp³-hybridized carbons (Fsp3) is 0.300. The van der Waals surface area contributed by atoms with Gasteiger partial charge in [-0.3, -0.25) is 14.2 Å². The molecule has 2 aromatic heterocycles. The molecule has 1 aliphatic heterocycles. The number of aromatic hydroxyl groups is 1. The Hall–Kier alpha value is -3.05. The maximum absolute atomic E-state index is 13.8. The van der Waals surface area contributed by atoms with Gasteiger partial charge in [0.25, 0.3) is 11.5 Å². The van der Waals surface area contributed by atoms with Crippen molar-refractivity contribution in [1.82, 2.24) is 20.0 Å². The summed E-state index contributed by atoms with van der Waals surface area (Å²) < 4.78 is 26.3. The van der Waals surface area contributed by atoms with Gasteiger partial charge >= 0.3 is 0 Å². The lowest BCUT2D eigenvalue weighted by atomic mass is 10.0. The summed E-state index contributed by atoms with van der Waals surface area (Å²) >= 11 is 3.17. The summed E-state index contributed by atoms with van der Waals surface area (Å²) in [5, 5.41) is 16.6. The first-order chi connectivity index (χ1) is 14.7. The zero-order valence-electron chi connectivity index (χ0n) is 16.6. The average Bonchev–Trinajstić information content (AvgIpc) is 3.15. The molecule has 2 N–H and O–H groups in total. The van der Waals surface area contributed by atoms with Crippen molar-refractivity contribution in [3.63, 3.8) is 0 Å². The van der Waals surface area contributed by atoms with E-state index < -0.39 is 34.3 Å². The number of benzene rings is 1. The third-order valence-corrected chi connectivity index (χ3v) is 5.31. The number of carbonyl (C=O) groups excluding carboxylic acids is 1. The van der Waals surface area contributed by atoms with Crippen molar-refractivity contribution in [2.24, 2.45) is 0 Å². The number of rotatable bonds is 4. The van der Waals surface area contributed by atoms with Crippen molar-refractivity contribution in [3.8, 4) is 17.1 Å². The van der Waals surface area contributed by atoms with Crippen LogP contribution >= 0.6 is 15.9 Å². The van der Waals surface area contributed by atoms with Gasteiger partial charge < -0.3 is 19.7 Å². The van der Waals surface area contributed by atoms with Crippen LogP contribution in [-0.4, -0.2) is 32.3 Å². The van der Waals surface area contributed by atoms with Crippen LogP contribution < -0.4 is 10.9 Å². The number of hydrogen-bond donors (Lipinski definition) is 2. The van der Waals surface area contributed by atoms with Gasteiger partial charge in [-0.2, -0.15) is 0 Å². The minimum absolute atomic E-state index is 0.0355. The highest BCUT2D eigenvalue weighted by Gasteiger charge is 2.34. The van der Waals surface area contributed by atoms with Gasteiger partial charge in [0.05, 0.1) is 13.2 Å². The molecule has 162 valence electrons. The highest BCUT2D eigenvalue weighted by atomic mass is 79.9. The van der Waals surface area contributed by atoms with Crippen molar-refractivity contribution < 1.29 is 23.6 Å². The maximum Gasteiger partial charge on any atom is 0.296 e. The van der Waals surface area contributed by atoms with Crippen molar-refractivity contribution in [1.29, 1.82) is 0 Å². The second-order valence-corrected chi connectivity index (χ2v) is 8.26. The van der Waals surface area contributed by atoms with Crippen LogP contribution in [0.2, 0.25) is 0 Å². The van der Waals surface area contributed by atoms with Crippen LogP contribution in [0.15, 0.2) is 38.2 Å². The van der Waals surface area contributed by atoms with Gasteiger partial charge in [0.2, 0.25) is 5.75 Å². The molecule has 4 rings (SSSR count). The summed E-state index contributed by atoms with van der Waals surface area (Å²) in [6, 6.07) is 5.57. The molecule has 0 radical (unpaired) electrons. The molecule has 0 unspecified atom stereocenters. The number of nitrogens with one attached hydrogen (secondary N) is 1. The molecule has 0 aliphatic carbocycles. The van der Waals surface area contributed by atoms with Crippen molar-refractivity contribution in [2.75, 3.05) is 6.61 Å². The number of aromatic nitrogens is 3. The normalized spacial score (nSPS) is 14.8. The summed E-state index contributed by atoms with van der Waals surface area (Å²) in [5.41, 5.74) is -1.07. The van der Waals surface area contributed by atoms with E-state index in [1.54, 1.807) is 19.9 Å². The molecule has 0 spiro atoms. The van der Waals surface area contributed by atoms with E-state index in [0.717, 1.165) is 0 Å². The molecule has 3 aromatic rings. The minimum atomic E-state index is -0.899. The molecule has 11 heteroatoms. The van der Waals surface area contributed by atoms with Crippen LogP contribution in [0.25, 0.3) is 11.3 Å². The van der Waals surface area contributed by atoms with Crippen LogP contribution in [-0.2, 0) is 23.4 Å². The predicted octanol–water partition coefficient (Wildman–Crippen LogP) is 2.70. The molecule has 0 saturated carbocycles. The lowest BCUT2D eigenvalue weighted by molar-refractivity contribution is -0.0566. The Balaban J connectivity index is 1.64. The summed E-state index contributed by atoms with van der Waals surface area (Å²) in [7, 11) is 0. The van der Waals surface area contributed by atoms with Gasteiger partial charge in [0.1, 0.15) is 21.8 Å². The smallest absolute Gasteiger partial charge is 0.296 e. The molecule has 1 aromatic carbocycles. The topological polar surface area (TPSA) is 119 Å². The monoisotopic (exact) mass is 492 g/mol. The van der Waals surface area contributed by atoms with Gasteiger partial charge in [-0.25, -0.2) is 9.37 Å². The highest BCUT2D eigenvalue weighted by Crippen LogP contribution is 2.29. The Morgan fingerprint density at radius 3 is 2.87 bits per heavy atom. The minimum Gasteiger partial charge on any atom is -0.501 e. The number of hydrogen-bond acceptors (Lipinski definition) is 7. The highest BCUT2D eigenvalue weighted by molar-refractivity contribution is 9.10. The molecule has 0 saturated heterocycles. The second-order valence-electron chi connectivity index (χ2n) is 7.45. The zero-order valence-corrected chi connectivity index (χ0v) is 18.2. The number of ether oxygens (including phenoxy) is 1. The van der Waals surface area contributed by atoms with E-state index in [9.17, 15) is 19.1 Å². The van der Waals surface area contributed by atoms with Gasteiger partial charge in [-0.05, 0) is 47.5 Å². The standard InChI is InChI=1S/C20H18BrFN4O5/c1-20(2)19-24-15(16(27)18(29)26(19)5-6-30-20)17(28)23-9-10-3-4-11(22)7-12(10)13-8-14(21)25-31-13/h3-4,7-8,27H,5-6,9H2,1-2H3,(H,23,28). The van der Waals surface area contributed by atoms with Crippen LogP contribution in [0.4, 0.5) is 4.39 Å². The first-order valence-corrected chi connectivity index (χ1v) is 10.1. The SMILES string of the molecule is CC1(C)OCCn2c1nc(C(=O)NCc1ccc(F)cc1-c1cc(Br)no1)c(O)c2=O. The number of nitrogens with zero attached hydrogens (tertiary/aromatic N) is 3. The lowest BCUT2D eigenvalue weighted by Gasteiger charge is -2.32. The fourth-order valence-electron chi connectivity index (χ4n) is 3.40. The molecule has 1 amide bonds. The van der Waals surface area contributed by atoms with E-state index in [0.29, 0.717) is 21.5 Å². The Labute approximate surface area is 184 Å². The van der Waals surface area contributed by atoms with E-state index >= 15 is 0 Å². The van der Waals surface area contributed by atoms with E-state index in [-0.39, 0.29) is 25.5 Å². The predicted molar refractivity (Wildman–Crippen MR) is 110 cm³/mol. The summed E-state index contributed by atoms with van der Waals surface area (Å²) in [4.78, 5) is 29.5. The Kier molecular flexibility index (Phi) is 5.40. The third-order valence-electron chi connectivity index (χ3n) is 4.93. The summed E-state index contributed by atoms with van der Waals surface area (Å²) in [6.45, 7) is 3.93. The average molecular weight is 493 g/mol. The first kappa shape index (κ1) is 21.2. The molecule has 0 bridgehead atoms.